The molecule has 172 valence electrons. The van der Waals surface area contributed by atoms with Crippen molar-refractivity contribution < 1.29 is 4.39 Å². The van der Waals surface area contributed by atoms with E-state index in [2.05, 4.69) is 36.0 Å². The third kappa shape index (κ3) is 4.01. The Kier molecular flexibility index (Phi) is 5.89. The summed E-state index contributed by atoms with van der Waals surface area (Å²) in [6.07, 6.45) is 11.1. The largest absolute Gasteiger partial charge is 0.354 e. The van der Waals surface area contributed by atoms with E-state index in [1.54, 1.807) is 6.20 Å². The SMILES string of the molecule is CF.Cn1ncc2c1CCCCCn1nc(N3CCC3)c3cnc(cc31)Nc1ccnc-2n1. The number of alkyl halides is 1. The highest BCUT2D eigenvalue weighted by Crippen LogP contribution is 2.31. The van der Waals surface area contributed by atoms with Crippen LogP contribution >= 0.6 is 0 Å². The second kappa shape index (κ2) is 9.13. The van der Waals surface area contributed by atoms with Gasteiger partial charge in [-0.25, -0.2) is 15.0 Å². The van der Waals surface area contributed by atoms with E-state index in [1.165, 1.54) is 12.1 Å². The van der Waals surface area contributed by atoms with Gasteiger partial charge in [-0.1, -0.05) is 6.42 Å². The number of rotatable bonds is 1. The number of hydrogen-bond acceptors (Lipinski definition) is 7. The zero-order valence-electron chi connectivity index (χ0n) is 19.0. The van der Waals surface area contributed by atoms with E-state index >= 15 is 0 Å². The van der Waals surface area contributed by atoms with Crippen LogP contribution in [0.3, 0.4) is 0 Å². The Hall–Kier alpha value is -3.56. The zero-order valence-corrected chi connectivity index (χ0v) is 19.0. The van der Waals surface area contributed by atoms with Gasteiger partial charge >= 0.3 is 0 Å². The molecule has 33 heavy (non-hydrogen) atoms. The summed E-state index contributed by atoms with van der Waals surface area (Å²) in [5.74, 6) is 3.23. The number of nitrogens with zero attached hydrogens (tertiary/aromatic N) is 8. The number of aromatic nitrogens is 7. The highest BCUT2D eigenvalue weighted by Gasteiger charge is 2.22. The van der Waals surface area contributed by atoms with Gasteiger partial charge in [-0.05, 0) is 31.7 Å². The molecule has 1 saturated heterocycles. The molecule has 4 aromatic heterocycles. The van der Waals surface area contributed by atoms with E-state index in [0.717, 1.165) is 79.2 Å². The molecule has 6 heterocycles. The lowest BCUT2D eigenvalue weighted by atomic mass is 10.1. The molecule has 0 aromatic carbocycles. The number of fused-ring (bicyclic) bond motifs is 5. The highest BCUT2D eigenvalue weighted by atomic mass is 19.1. The molecule has 0 atom stereocenters. The molecule has 0 aliphatic carbocycles. The number of hydrogen-bond donors (Lipinski definition) is 1. The maximum atomic E-state index is 9.50. The van der Waals surface area contributed by atoms with Gasteiger partial charge in [0, 0.05) is 50.8 Å². The molecular weight excluding hydrogens is 421 g/mol. The first kappa shape index (κ1) is 21.3. The van der Waals surface area contributed by atoms with Gasteiger partial charge in [0.05, 0.1) is 29.8 Å². The van der Waals surface area contributed by atoms with Crippen LogP contribution in [0, 0.1) is 0 Å². The Labute approximate surface area is 191 Å². The number of nitrogens with one attached hydrogen (secondary N) is 1. The molecule has 0 spiro atoms. The molecule has 6 rings (SSSR count). The Bertz CT molecular complexity index is 1260. The van der Waals surface area contributed by atoms with Crippen molar-refractivity contribution in [1.82, 2.24) is 34.5 Å². The summed E-state index contributed by atoms with van der Waals surface area (Å²) in [5, 5.41) is 13.9. The second-order valence-corrected chi connectivity index (χ2v) is 8.30. The maximum absolute atomic E-state index is 9.50. The van der Waals surface area contributed by atoms with Crippen molar-refractivity contribution in [2.24, 2.45) is 7.05 Å². The van der Waals surface area contributed by atoms with Crippen LogP contribution in [0.2, 0.25) is 0 Å². The number of halogens is 1. The monoisotopic (exact) mass is 449 g/mol. The van der Waals surface area contributed by atoms with Crippen molar-refractivity contribution in [3.63, 3.8) is 0 Å². The normalized spacial score (nSPS) is 15.5. The van der Waals surface area contributed by atoms with E-state index in [9.17, 15) is 4.39 Å². The van der Waals surface area contributed by atoms with Gasteiger partial charge in [0.2, 0.25) is 0 Å². The van der Waals surface area contributed by atoms with E-state index < -0.39 is 0 Å². The first-order chi connectivity index (χ1) is 16.3. The summed E-state index contributed by atoms with van der Waals surface area (Å²) in [6, 6.07) is 3.95. The van der Waals surface area contributed by atoms with Crippen molar-refractivity contribution in [2.45, 2.75) is 38.6 Å². The number of anilines is 3. The predicted molar refractivity (Wildman–Crippen MR) is 126 cm³/mol. The van der Waals surface area contributed by atoms with Gasteiger partial charge in [0.1, 0.15) is 11.6 Å². The van der Waals surface area contributed by atoms with Crippen LogP contribution < -0.4 is 10.2 Å². The Morgan fingerprint density at radius 2 is 1.85 bits per heavy atom. The third-order valence-corrected chi connectivity index (χ3v) is 6.27. The zero-order chi connectivity index (χ0) is 22.8. The fourth-order valence-corrected chi connectivity index (χ4v) is 4.42. The van der Waals surface area contributed by atoms with Gasteiger partial charge in [0.15, 0.2) is 11.6 Å². The minimum absolute atomic E-state index is 0.500. The second-order valence-electron chi connectivity index (χ2n) is 8.30. The third-order valence-electron chi connectivity index (χ3n) is 6.27. The van der Waals surface area contributed by atoms with Crippen LogP contribution in [0.25, 0.3) is 22.3 Å². The molecule has 0 unspecified atom stereocenters. The molecule has 1 fully saturated rings. The highest BCUT2D eigenvalue weighted by molar-refractivity contribution is 5.92. The molecule has 2 aliphatic heterocycles. The molecule has 1 N–H and O–H groups in total. The lowest BCUT2D eigenvalue weighted by molar-refractivity contribution is 0.541. The van der Waals surface area contributed by atoms with Crippen molar-refractivity contribution in [3.05, 3.63) is 36.4 Å². The lowest BCUT2D eigenvalue weighted by Gasteiger charge is -2.31. The average molecular weight is 450 g/mol. The summed E-state index contributed by atoms with van der Waals surface area (Å²) >= 11 is 0. The van der Waals surface area contributed by atoms with Crippen LogP contribution in [-0.2, 0) is 20.0 Å². The molecule has 4 aromatic rings. The van der Waals surface area contributed by atoms with E-state index in [1.807, 2.05) is 30.2 Å². The summed E-state index contributed by atoms with van der Waals surface area (Å²) in [4.78, 5) is 16.3. The molecule has 0 radical (unpaired) electrons. The van der Waals surface area contributed by atoms with Crippen molar-refractivity contribution >= 4 is 28.4 Å². The molecule has 9 nitrogen and oxygen atoms in total. The smallest absolute Gasteiger partial charge is 0.164 e. The molecule has 10 heteroatoms. The fourth-order valence-electron chi connectivity index (χ4n) is 4.42. The van der Waals surface area contributed by atoms with Crippen molar-refractivity contribution in [2.75, 3.05) is 30.5 Å². The Morgan fingerprint density at radius 1 is 0.970 bits per heavy atom. The number of pyridine rings is 1. The minimum atomic E-state index is 0.500. The van der Waals surface area contributed by atoms with Crippen molar-refractivity contribution in [3.8, 4) is 11.4 Å². The van der Waals surface area contributed by atoms with Crippen LogP contribution in [0.4, 0.5) is 21.8 Å². The number of aryl methyl sites for hydroxylation is 2. The molecule has 0 amide bonds. The molecule has 4 bridgehead atoms. The summed E-state index contributed by atoms with van der Waals surface area (Å²) in [6.45, 7) is 3.05. The van der Waals surface area contributed by atoms with Gasteiger partial charge in [-0.2, -0.15) is 10.2 Å². The first-order valence-corrected chi connectivity index (χ1v) is 11.4. The van der Waals surface area contributed by atoms with Crippen LogP contribution in [-0.4, -0.2) is 54.8 Å². The van der Waals surface area contributed by atoms with Crippen LogP contribution in [0.15, 0.2) is 30.7 Å². The summed E-state index contributed by atoms with van der Waals surface area (Å²) < 4.78 is 13.6. The molecule has 2 aliphatic rings. The lowest BCUT2D eigenvalue weighted by Crippen LogP contribution is -2.37. The molecule has 0 saturated carbocycles. The summed E-state index contributed by atoms with van der Waals surface area (Å²) in [7, 11) is 2.49. The van der Waals surface area contributed by atoms with Crippen LogP contribution in [0.5, 0.6) is 0 Å². The first-order valence-electron chi connectivity index (χ1n) is 11.4. The molecular formula is C23H28FN9. The predicted octanol–water partition coefficient (Wildman–Crippen LogP) is 3.89. The minimum Gasteiger partial charge on any atom is -0.354 e. The fraction of sp³-hybridized carbons (Fsp3) is 0.435. The van der Waals surface area contributed by atoms with E-state index in [4.69, 9.17) is 10.1 Å². The quantitative estimate of drug-likeness (QED) is 0.472. The van der Waals surface area contributed by atoms with Crippen molar-refractivity contribution in [1.29, 1.82) is 0 Å². The van der Waals surface area contributed by atoms with Crippen LogP contribution in [0.1, 0.15) is 31.4 Å². The average Bonchev–Trinajstić information content (AvgIpc) is 3.34. The van der Waals surface area contributed by atoms with E-state index in [0.29, 0.717) is 13.0 Å². The summed E-state index contributed by atoms with van der Waals surface area (Å²) in [5.41, 5.74) is 3.29. The maximum Gasteiger partial charge on any atom is 0.164 e. The Morgan fingerprint density at radius 3 is 2.67 bits per heavy atom. The van der Waals surface area contributed by atoms with Gasteiger partial charge in [-0.15, -0.1) is 0 Å². The standard InChI is InChI=1S/C22H25N9.CH3F/c1-29-17-6-3-2-4-11-31-18-12-20(24-13-16(18)22(28-31)30-9-5-10-30)26-19-7-8-23-21(27-19)15(17)14-25-29;1-2/h7-8,12-14H,2-6,9-11H2,1H3,(H,23,24,26,27);1H3. The van der Waals surface area contributed by atoms with Gasteiger partial charge in [0.25, 0.3) is 0 Å². The topological polar surface area (TPSA) is 89.6 Å². The van der Waals surface area contributed by atoms with E-state index in [-0.39, 0.29) is 0 Å². The van der Waals surface area contributed by atoms with Gasteiger partial charge in [-0.3, -0.25) is 13.8 Å². The Balaban J connectivity index is 0.00000111. The van der Waals surface area contributed by atoms with Gasteiger partial charge < -0.3 is 10.2 Å².